The number of furan rings is 1. The number of nitrogens with zero attached hydrogens (tertiary/aromatic N) is 1. The summed E-state index contributed by atoms with van der Waals surface area (Å²) >= 11 is 0. The molecule has 0 bridgehead atoms. The first-order chi connectivity index (χ1) is 8.48. The van der Waals surface area contributed by atoms with Crippen LogP contribution < -0.4 is 0 Å². The number of amides is 1. The lowest BCUT2D eigenvalue weighted by atomic mass is 9.77. The fourth-order valence-corrected chi connectivity index (χ4v) is 2.72. The van der Waals surface area contributed by atoms with Crippen LogP contribution in [0.2, 0.25) is 0 Å². The average Bonchev–Trinajstić information content (AvgIpc) is 2.70. The zero-order chi connectivity index (χ0) is 13.2. The summed E-state index contributed by atoms with van der Waals surface area (Å²) in [4.78, 5) is 14.1. The second-order valence-electron chi connectivity index (χ2n) is 6.26. The average molecular weight is 249 g/mol. The van der Waals surface area contributed by atoms with Gasteiger partial charge in [0.2, 0.25) is 0 Å². The molecule has 0 radical (unpaired) electrons. The van der Waals surface area contributed by atoms with Gasteiger partial charge in [-0.15, -0.1) is 0 Å². The van der Waals surface area contributed by atoms with E-state index in [2.05, 4.69) is 20.8 Å². The van der Waals surface area contributed by atoms with Crippen molar-refractivity contribution < 1.29 is 9.21 Å². The molecule has 1 saturated heterocycles. The fraction of sp³-hybridized carbons (Fsp3) is 0.667. The molecule has 1 unspecified atom stereocenters. The van der Waals surface area contributed by atoms with Crippen LogP contribution in [0.5, 0.6) is 0 Å². The standard InChI is InChI=1S/C15H23NO2/c1-15(2,3)12-6-4-9-16(10-8-12)14(17)13-7-5-11-18-13/h5,7,11-12H,4,6,8-10H2,1-3H3. The minimum absolute atomic E-state index is 0.0366. The summed E-state index contributed by atoms with van der Waals surface area (Å²) in [7, 11) is 0. The normalized spacial score (nSPS) is 21.7. The second-order valence-corrected chi connectivity index (χ2v) is 6.26. The Morgan fingerprint density at radius 3 is 2.72 bits per heavy atom. The van der Waals surface area contributed by atoms with Crippen molar-refractivity contribution >= 4 is 5.91 Å². The molecule has 1 aromatic rings. The molecule has 1 aromatic heterocycles. The zero-order valence-corrected chi connectivity index (χ0v) is 11.6. The lowest BCUT2D eigenvalue weighted by molar-refractivity contribution is 0.0723. The van der Waals surface area contributed by atoms with Gasteiger partial charge in [0.25, 0.3) is 5.91 Å². The van der Waals surface area contributed by atoms with Gasteiger partial charge in [0.1, 0.15) is 0 Å². The molecule has 100 valence electrons. The van der Waals surface area contributed by atoms with Crippen LogP contribution in [0.4, 0.5) is 0 Å². The summed E-state index contributed by atoms with van der Waals surface area (Å²) in [6.45, 7) is 8.58. The number of carbonyl (C=O) groups is 1. The summed E-state index contributed by atoms with van der Waals surface area (Å²) in [5, 5.41) is 0. The molecular formula is C15H23NO2. The minimum atomic E-state index is 0.0366. The molecular weight excluding hydrogens is 226 g/mol. The first kappa shape index (κ1) is 13.2. The second kappa shape index (κ2) is 5.17. The maximum absolute atomic E-state index is 12.2. The van der Waals surface area contributed by atoms with Crippen molar-refractivity contribution in [2.45, 2.75) is 40.0 Å². The molecule has 0 saturated carbocycles. The van der Waals surface area contributed by atoms with Gasteiger partial charge in [-0.25, -0.2) is 0 Å². The highest BCUT2D eigenvalue weighted by molar-refractivity contribution is 5.91. The number of rotatable bonds is 1. The first-order valence-corrected chi connectivity index (χ1v) is 6.81. The van der Waals surface area contributed by atoms with E-state index in [4.69, 9.17) is 4.42 Å². The van der Waals surface area contributed by atoms with E-state index in [1.807, 2.05) is 4.90 Å². The Labute approximate surface area is 109 Å². The number of carbonyl (C=O) groups excluding carboxylic acids is 1. The smallest absolute Gasteiger partial charge is 0.289 e. The number of hydrogen-bond donors (Lipinski definition) is 0. The molecule has 1 amide bonds. The largest absolute Gasteiger partial charge is 0.459 e. The van der Waals surface area contributed by atoms with Gasteiger partial charge >= 0.3 is 0 Å². The minimum Gasteiger partial charge on any atom is -0.459 e. The van der Waals surface area contributed by atoms with E-state index in [-0.39, 0.29) is 5.91 Å². The predicted octanol–water partition coefficient (Wildman–Crippen LogP) is 3.57. The van der Waals surface area contributed by atoms with E-state index in [9.17, 15) is 4.79 Å². The van der Waals surface area contributed by atoms with E-state index >= 15 is 0 Å². The summed E-state index contributed by atoms with van der Waals surface area (Å²) in [6.07, 6.45) is 4.96. The Kier molecular flexibility index (Phi) is 3.79. The molecule has 3 heteroatoms. The van der Waals surface area contributed by atoms with E-state index in [1.54, 1.807) is 18.4 Å². The Bertz CT molecular complexity index is 389. The van der Waals surface area contributed by atoms with Crippen LogP contribution >= 0.6 is 0 Å². The van der Waals surface area contributed by atoms with Crippen LogP contribution in [0.15, 0.2) is 22.8 Å². The van der Waals surface area contributed by atoms with Crippen molar-refractivity contribution in [1.29, 1.82) is 0 Å². The van der Waals surface area contributed by atoms with E-state index in [0.29, 0.717) is 17.1 Å². The van der Waals surface area contributed by atoms with Gasteiger partial charge in [-0.3, -0.25) is 4.79 Å². The summed E-state index contributed by atoms with van der Waals surface area (Å²) in [6, 6.07) is 3.51. The van der Waals surface area contributed by atoms with Crippen LogP contribution in [-0.2, 0) is 0 Å². The lowest BCUT2D eigenvalue weighted by Gasteiger charge is -2.29. The van der Waals surface area contributed by atoms with E-state index in [0.717, 1.165) is 25.9 Å². The highest BCUT2D eigenvalue weighted by atomic mass is 16.3. The van der Waals surface area contributed by atoms with Crippen molar-refractivity contribution in [2.75, 3.05) is 13.1 Å². The lowest BCUT2D eigenvalue weighted by Crippen LogP contribution is -2.32. The first-order valence-electron chi connectivity index (χ1n) is 6.81. The zero-order valence-electron chi connectivity index (χ0n) is 11.6. The molecule has 1 aliphatic heterocycles. The Hall–Kier alpha value is -1.25. The van der Waals surface area contributed by atoms with Crippen molar-refractivity contribution in [2.24, 2.45) is 11.3 Å². The summed E-state index contributed by atoms with van der Waals surface area (Å²) in [5.41, 5.74) is 0.337. The molecule has 0 aliphatic carbocycles. The maximum atomic E-state index is 12.2. The topological polar surface area (TPSA) is 33.5 Å². The molecule has 1 aliphatic rings. The molecule has 1 atom stereocenters. The summed E-state index contributed by atoms with van der Waals surface area (Å²) in [5.74, 6) is 1.20. The number of hydrogen-bond acceptors (Lipinski definition) is 2. The van der Waals surface area contributed by atoms with Gasteiger partial charge in [0.15, 0.2) is 5.76 Å². The molecule has 18 heavy (non-hydrogen) atoms. The number of likely N-dealkylation sites (tertiary alicyclic amines) is 1. The van der Waals surface area contributed by atoms with Crippen molar-refractivity contribution in [3.8, 4) is 0 Å². The van der Waals surface area contributed by atoms with Crippen LogP contribution in [-0.4, -0.2) is 23.9 Å². The third-order valence-corrected chi connectivity index (χ3v) is 3.97. The quantitative estimate of drug-likeness (QED) is 0.762. The van der Waals surface area contributed by atoms with Crippen molar-refractivity contribution in [3.63, 3.8) is 0 Å². The summed E-state index contributed by atoms with van der Waals surface area (Å²) < 4.78 is 5.19. The fourth-order valence-electron chi connectivity index (χ4n) is 2.72. The SMILES string of the molecule is CC(C)(C)C1CCCN(C(=O)c2ccco2)CC1. The van der Waals surface area contributed by atoms with Crippen LogP contribution in [0.3, 0.4) is 0 Å². The molecule has 0 aromatic carbocycles. The highest BCUT2D eigenvalue weighted by Crippen LogP contribution is 2.34. The van der Waals surface area contributed by atoms with Gasteiger partial charge in [-0.2, -0.15) is 0 Å². The molecule has 0 spiro atoms. The monoisotopic (exact) mass is 249 g/mol. The van der Waals surface area contributed by atoms with Crippen molar-refractivity contribution in [1.82, 2.24) is 4.90 Å². The Morgan fingerprint density at radius 2 is 2.11 bits per heavy atom. The van der Waals surface area contributed by atoms with E-state index in [1.165, 1.54) is 6.42 Å². The van der Waals surface area contributed by atoms with Gasteiger partial charge < -0.3 is 9.32 Å². The van der Waals surface area contributed by atoms with Crippen molar-refractivity contribution in [3.05, 3.63) is 24.2 Å². The van der Waals surface area contributed by atoms with Crippen LogP contribution in [0, 0.1) is 11.3 Å². The van der Waals surface area contributed by atoms with Gasteiger partial charge in [0, 0.05) is 13.1 Å². The predicted molar refractivity (Wildman–Crippen MR) is 71.4 cm³/mol. The van der Waals surface area contributed by atoms with Gasteiger partial charge in [-0.1, -0.05) is 20.8 Å². The van der Waals surface area contributed by atoms with E-state index < -0.39 is 0 Å². The molecule has 0 N–H and O–H groups in total. The molecule has 1 fully saturated rings. The van der Waals surface area contributed by atoms with Crippen LogP contribution in [0.25, 0.3) is 0 Å². The highest BCUT2D eigenvalue weighted by Gasteiger charge is 2.29. The third kappa shape index (κ3) is 2.95. The van der Waals surface area contributed by atoms with Crippen LogP contribution in [0.1, 0.15) is 50.6 Å². The molecule has 3 nitrogen and oxygen atoms in total. The third-order valence-electron chi connectivity index (χ3n) is 3.97. The molecule has 2 heterocycles. The maximum Gasteiger partial charge on any atom is 0.289 e. The Balaban J connectivity index is 1.99. The van der Waals surface area contributed by atoms with Gasteiger partial charge in [-0.05, 0) is 42.7 Å². The van der Waals surface area contributed by atoms with Gasteiger partial charge in [0.05, 0.1) is 6.26 Å². The molecule has 2 rings (SSSR count). The Morgan fingerprint density at radius 1 is 1.33 bits per heavy atom.